The largest absolute Gasteiger partial charge is 0.298 e. The first-order valence-electron chi connectivity index (χ1n) is 6.31. The first kappa shape index (κ1) is 12.7. The molecule has 1 fully saturated rings. The highest BCUT2D eigenvalue weighted by molar-refractivity contribution is 7.09. The van der Waals surface area contributed by atoms with Gasteiger partial charge in [0, 0.05) is 18.3 Å². The number of ketones is 1. The highest BCUT2D eigenvalue weighted by atomic mass is 32.1. The monoisotopic (exact) mass is 252 g/mol. The van der Waals surface area contributed by atoms with Crippen LogP contribution in [0.4, 0.5) is 0 Å². The molecule has 4 heteroatoms. The van der Waals surface area contributed by atoms with Gasteiger partial charge in [-0.1, -0.05) is 12.8 Å². The third-order valence-corrected chi connectivity index (χ3v) is 4.20. The van der Waals surface area contributed by atoms with Gasteiger partial charge in [0.25, 0.3) is 0 Å². The van der Waals surface area contributed by atoms with Crippen molar-refractivity contribution in [3.8, 4) is 0 Å². The van der Waals surface area contributed by atoms with Crippen LogP contribution in [0, 0.1) is 6.92 Å². The first-order valence-corrected chi connectivity index (χ1v) is 7.19. The van der Waals surface area contributed by atoms with Crippen molar-refractivity contribution in [2.75, 3.05) is 7.05 Å². The smallest absolute Gasteiger partial charge is 0.149 e. The lowest BCUT2D eigenvalue weighted by Crippen LogP contribution is -2.37. The van der Waals surface area contributed by atoms with Crippen LogP contribution in [0.15, 0.2) is 5.38 Å². The van der Waals surface area contributed by atoms with Gasteiger partial charge in [-0.25, -0.2) is 4.98 Å². The lowest BCUT2D eigenvalue weighted by Gasteiger charge is -2.24. The molecule has 1 unspecified atom stereocenters. The Kier molecular flexibility index (Phi) is 4.29. The Hall–Kier alpha value is -0.740. The first-order chi connectivity index (χ1) is 8.16. The summed E-state index contributed by atoms with van der Waals surface area (Å²) in [4.78, 5) is 18.6. The van der Waals surface area contributed by atoms with E-state index in [9.17, 15) is 4.79 Å². The molecule has 3 nitrogen and oxygen atoms in total. The summed E-state index contributed by atoms with van der Waals surface area (Å²) in [5, 5.41) is 3.19. The fourth-order valence-electron chi connectivity index (χ4n) is 2.45. The summed E-state index contributed by atoms with van der Waals surface area (Å²) in [5.74, 6) is 0.414. The molecule has 0 bridgehead atoms. The van der Waals surface area contributed by atoms with Crippen molar-refractivity contribution in [3.05, 3.63) is 16.1 Å². The number of likely N-dealkylation sites (N-methyl/N-ethyl adjacent to an activating group) is 1. The van der Waals surface area contributed by atoms with Gasteiger partial charge in [-0.05, 0) is 26.8 Å². The van der Waals surface area contributed by atoms with Crippen molar-refractivity contribution in [1.29, 1.82) is 0 Å². The lowest BCUT2D eigenvalue weighted by molar-refractivity contribution is -0.123. The Morgan fingerprint density at radius 2 is 2.29 bits per heavy atom. The molecular formula is C13H20N2OS. The molecule has 0 saturated heterocycles. The molecule has 1 aromatic rings. The van der Waals surface area contributed by atoms with Crippen molar-refractivity contribution in [1.82, 2.24) is 9.88 Å². The number of carbonyl (C=O) groups excluding carboxylic acids is 1. The molecule has 0 spiro atoms. The Morgan fingerprint density at radius 1 is 1.47 bits per heavy atom. The average molecular weight is 252 g/mol. The van der Waals surface area contributed by atoms with E-state index in [-0.39, 0.29) is 6.04 Å². The molecule has 0 amide bonds. The fraction of sp³-hybridized carbons (Fsp3) is 0.692. The molecule has 0 aliphatic heterocycles. The minimum atomic E-state index is 0.111. The number of aromatic nitrogens is 1. The fourth-order valence-corrected chi connectivity index (χ4v) is 3.06. The number of hydrogen-bond donors (Lipinski definition) is 0. The predicted octanol–water partition coefficient (Wildman–Crippen LogP) is 2.79. The average Bonchev–Trinajstić information content (AvgIpc) is 2.57. The van der Waals surface area contributed by atoms with Crippen LogP contribution in [0.1, 0.15) is 42.8 Å². The van der Waals surface area contributed by atoms with Crippen LogP contribution in [-0.2, 0) is 11.3 Å². The number of thiazole rings is 1. The summed E-state index contributed by atoms with van der Waals surface area (Å²) < 4.78 is 0. The van der Waals surface area contributed by atoms with Crippen molar-refractivity contribution in [3.63, 3.8) is 0 Å². The highest BCUT2D eigenvalue weighted by Gasteiger charge is 2.24. The molecular weight excluding hydrogens is 232 g/mol. The minimum Gasteiger partial charge on any atom is -0.298 e. The molecule has 1 heterocycles. The molecule has 0 aromatic carbocycles. The van der Waals surface area contributed by atoms with E-state index in [1.807, 2.05) is 14.0 Å². The minimum absolute atomic E-state index is 0.111. The number of nitrogens with zero attached hydrogens (tertiary/aromatic N) is 2. The van der Waals surface area contributed by atoms with Crippen LogP contribution in [0.3, 0.4) is 0 Å². The maximum absolute atomic E-state index is 12.0. The van der Waals surface area contributed by atoms with E-state index in [1.54, 1.807) is 11.3 Å². The van der Waals surface area contributed by atoms with Crippen LogP contribution in [0.2, 0.25) is 0 Å². The third-order valence-electron chi connectivity index (χ3n) is 3.38. The van der Waals surface area contributed by atoms with Gasteiger partial charge in [0.15, 0.2) is 0 Å². The molecule has 1 aromatic heterocycles. The molecule has 17 heavy (non-hydrogen) atoms. The summed E-state index contributed by atoms with van der Waals surface area (Å²) in [6, 6.07) is 0.111. The number of rotatable bonds is 3. The SMILES string of the molecule is Cc1nc(CN(C)C2CCCCCC2=O)cs1. The van der Waals surface area contributed by atoms with Gasteiger partial charge in [0.05, 0.1) is 16.7 Å². The van der Waals surface area contributed by atoms with Gasteiger partial charge in [0.1, 0.15) is 5.78 Å². The summed E-state index contributed by atoms with van der Waals surface area (Å²) in [7, 11) is 2.04. The quantitative estimate of drug-likeness (QED) is 0.776. The second kappa shape index (κ2) is 5.74. The zero-order valence-corrected chi connectivity index (χ0v) is 11.4. The second-order valence-corrected chi connectivity index (χ2v) is 5.92. The lowest BCUT2D eigenvalue weighted by atomic mass is 10.1. The van der Waals surface area contributed by atoms with E-state index < -0.39 is 0 Å². The summed E-state index contributed by atoms with van der Waals surface area (Å²) in [6.07, 6.45) is 5.21. The maximum atomic E-state index is 12.0. The molecule has 0 N–H and O–H groups in total. The Balaban J connectivity index is 1.98. The van der Waals surface area contributed by atoms with Crippen LogP contribution in [0.25, 0.3) is 0 Å². The highest BCUT2D eigenvalue weighted by Crippen LogP contribution is 2.20. The molecule has 0 radical (unpaired) electrons. The topological polar surface area (TPSA) is 33.2 Å². The Morgan fingerprint density at radius 3 is 3.00 bits per heavy atom. The van der Waals surface area contributed by atoms with E-state index in [2.05, 4.69) is 15.3 Å². The Labute approximate surface area is 107 Å². The van der Waals surface area contributed by atoms with Gasteiger partial charge < -0.3 is 0 Å². The van der Waals surface area contributed by atoms with Gasteiger partial charge in [-0.2, -0.15) is 0 Å². The standard InChI is InChI=1S/C13H20N2OS/c1-10-14-11(9-17-10)8-15(2)12-6-4-3-5-7-13(12)16/h9,12H,3-8H2,1-2H3. The molecule has 1 saturated carbocycles. The molecule has 2 rings (SSSR count). The molecule has 94 valence electrons. The molecule has 1 atom stereocenters. The van der Waals surface area contributed by atoms with Gasteiger partial charge in [0.2, 0.25) is 0 Å². The van der Waals surface area contributed by atoms with Crippen molar-refractivity contribution in [2.24, 2.45) is 0 Å². The second-order valence-electron chi connectivity index (χ2n) is 4.85. The van der Waals surface area contributed by atoms with Crippen LogP contribution in [-0.4, -0.2) is 28.8 Å². The predicted molar refractivity (Wildman–Crippen MR) is 70.2 cm³/mol. The van der Waals surface area contributed by atoms with E-state index in [1.165, 1.54) is 12.8 Å². The number of carbonyl (C=O) groups is 1. The van der Waals surface area contributed by atoms with Crippen LogP contribution < -0.4 is 0 Å². The number of hydrogen-bond acceptors (Lipinski definition) is 4. The Bertz CT molecular complexity index is 389. The van der Waals surface area contributed by atoms with E-state index in [0.717, 1.165) is 36.5 Å². The molecule has 1 aliphatic rings. The zero-order valence-electron chi connectivity index (χ0n) is 10.6. The van der Waals surface area contributed by atoms with E-state index >= 15 is 0 Å². The van der Waals surface area contributed by atoms with Gasteiger partial charge >= 0.3 is 0 Å². The maximum Gasteiger partial charge on any atom is 0.149 e. The van der Waals surface area contributed by atoms with E-state index in [4.69, 9.17) is 0 Å². The van der Waals surface area contributed by atoms with Crippen molar-refractivity contribution < 1.29 is 4.79 Å². The summed E-state index contributed by atoms with van der Waals surface area (Å²) >= 11 is 1.68. The summed E-state index contributed by atoms with van der Waals surface area (Å²) in [5.41, 5.74) is 1.09. The van der Waals surface area contributed by atoms with E-state index in [0.29, 0.717) is 5.78 Å². The zero-order chi connectivity index (χ0) is 12.3. The van der Waals surface area contributed by atoms with Gasteiger partial charge in [-0.3, -0.25) is 9.69 Å². The summed E-state index contributed by atoms with van der Waals surface area (Å²) in [6.45, 7) is 2.81. The molecule has 1 aliphatic carbocycles. The van der Waals surface area contributed by atoms with Gasteiger partial charge in [-0.15, -0.1) is 11.3 Å². The van der Waals surface area contributed by atoms with Crippen molar-refractivity contribution in [2.45, 2.75) is 51.6 Å². The van der Waals surface area contributed by atoms with Crippen molar-refractivity contribution >= 4 is 17.1 Å². The normalized spacial score (nSPS) is 21.8. The van der Waals surface area contributed by atoms with Crippen LogP contribution in [0.5, 0.6) is 0 Å². The van der Waals surface area contributed by atoms with Crippen LogP contribution >= 0.6 is 11.3 Å². The number of aryl methyl sites for hydroxylation is 1. The number of Topliss-reactive ketones (excluding diaryl/α,β-unsaturated/α-hetero) is 1. The third kappa shape index (κ3) is 3.36.